The van der Waals surface area contributed by atoms with E-state index in [1.165, 1.54) is 16.7 Å². The molecule has 0 amide bonds. The molecule has 114 valence electrons. The lowest BCUT2D eigenvalue weighted by molar-refractivity contribution is 0.567. The summed E-state index contributed by atoms with van der Waals surface area (Å²) in [6.07, 6.45) is 3.27. The van der Waals surface area contributed by atoms with E-state index >= 15 is 0 Å². The summed E-state index contributed by atoms with van der Waals surface area (Å²) in [7, 11) is -0.730. The number of aryl methyl sites for hydroxylation is 2. The molecule has 0 radical (unpaired) electrons. The van der Waals surface area contributed by atoms with Crippen LogP contribution in [0.2, 0.25) is 0 Å². The van der Waals surface area contributed by atoms with Gasteiger partial charge in [-0.05, 0) is 44.4 Å². The van der Waals surface area contributed by atoms with Gasteiger partial charge in [-0.2, -0.15) is 0 Å². The summed E-state index contributed by atoms with van der Waals surface area (Å²) in [6.45, 7) is 9.56. The lowest BCUT2D eigenvalue weighted by Crippen LogP contribution is -2.28. The highest BCUT2D eigenvalue weighted by atomic mass is 32.2. The first-order chi connectivity index (χ1) is 9.58. The molecule has 2 atom stereocenters. The maximum Gasteiger partial charge on any atom is 0.0439 e. The number of unbranched alkanes of at least 4 members (excludes halogenated alkanes) is 1. The van der Waals surface area contributed by atoms with E-state index in [4.69, 9.17) is 0 Å². The van der Waals surface area contributed by atoms with Crippen LogP contribution >= 0.6 is 0 Å². The van der Waals surface area contributed by atoms with Crippen LogP contribution in [0, 0.1) is 13.8 Å². The van der Waals surface area contributed by atoms with Crippen molar-refractivity contribution in [1.29, 1.82) is 0 Å². The third-order valence-corrected chi connectivity index (χ3v) is 4.97. The normalized spacial score (nSPS) is 14.2. The Morgan fingerprint density at radius 1 is 1.20 bits per heavy atom. The Labute approximate surface area is 126 Å². The Morgan fingerprint density at radius 3 is 2.55 bits per heavy atom. The molecular weight excluding hydrogens is 266 g/mol. The minimum Gasteiger partial charge on any atom is -0.309 e. The summed E-state index contributed by atoms with van der Waals surface area (Å²) in [4.78, 5) is 0. The minimum absolute atomic E-state index is 0.216. The first-order valence-corrected chi connectivity index (χ1v) is 9.22. The van der Waals surface area contributed by atoms with Crippen molar-refractivity contribution in [2.24, 2.45) is 0 Å². The number of rotatable bonds is 9. The van der Waals surface area contributed by atoms with Gasteiger partial charge in [0.15, 0.2) is 0 Å². The smallest absolute Gasteiger partial charge is 0.0439 e. The van der Waals surface area contributed by atoms with Gasteiger partial charge in [0, 0.05) is 28.3 Å². The highest BCUT2D eigenvalue weighted by Crippen LogP contribution is 2.20. The fraction of sp³-hybridized carbons (Fsp3) is 0.647. The van der Waals surface area contributed by atoms with Crippen LogP contribution in [0.3, 0.4) is 0 Å². The largest absolute Gasteiger partial charge is 0.309 e. The summed E-state index contributed by atoms with van der Waals surface area (Å²) < 4.78 is 12.2. The molecule has 0 bridgehead atoms. The third-order valence-electron chi connectivity index (χ3n) is 3.52. The third kappa shape index (κ3) is 5.76. The van der Waals surface area contributed by atoms with Crippen molar-refractivity contribution >= 4 is 10.8 Å². The fourth-order valence-corrected chi connectivity index (χ4v) is 3.81. The van der Waals surface area contributed by atoms with Gasteiger partial charge in [0.1, 0.15) is 0 Å². The zero-order valence-electron chi connectivity index (χ0n) is 13.4. The van der Waals surface area contributed by atoms with E-state index in [0.717, 1.165) is 37.3 Å². The number of hydrogen-bond acceptors (Lipinski definition) is 2. The van der Waals surface area contributed by atoms with Crippen molar-refractivity contribution in [2.45, 2.75) is 53.0 Å². The van der Waals surface area contributed by atoms with Crippen LogP contribution in [-0.4, -0.2) is 22.3 Å². The van der Waals surface area contributed by atoms with Crippen molar-refractivity contribution in [3.05, 3.63) is 34.9 Å². The van der Waals surface area contributed by atoms with E-state index in [1.807, 2.05) is 0 Å². The predicted molar refractivity (Wildman–Crippen MR) is 89.7 cm³/mol. The Kier molecular flexibility index (Phi) is 8.08. The van der Waals surface area contributed by atoms with E-state index < -0.39 is 10.8 Å². The number of hydrogen-bond donors (Lipinski definition) is 1. The summed E-state index contributed by atoms with van der Waals surface area (Å²) in [5.74, 6) is 1.55. The zero-order valence-corrected chi connectivity index (χ0v) is 14.2. The molecule has 0 aromatic heterocycles. The first kappa shape index (κ1) is 17.4. The fourth-order valence-electron chi connectivity index (χ4n) is 2.37. The zero-order chi connectivity index (χ0) is 15.0. The van der Waals surface area contributed by atoms with Crippen molar-refractivity contribution in [2.75, 3.05) is 18.1 Å². The summed E-state index contributed by atoms with van der Waals surface area (Å²) >= 11 is 0. The highest BCUT2D eigenvalue weighted by Gasteiger charge is 2.16. The monoisotopic (exact) mass is 295 g/mol. The van der Waals surface area contributed by atoms with Gasteiger partial charge in [-0.1, -0.05) is 44.0 Å². The van der Waals surface area contributed by atoms with Crippen molar-refractivity contribution in [3.63, 3.8) is 0 Å². The SMILES string of the molecule is CCCCS(=O)CC(NCCC)c1ccc(C)cc1C. The predicted octanol–water partition coefficient (Wildman–Crippen LogP) is 3.89. The molecule has 0 aliphatic heterocycles. The molecule has 2 nitrogen and oxygen atoms in total. The second-order valence-corrected chi connectivity index (χ2v) is 7.15. The average Bonchev–Trinajstić information content (AvgIpc) is 2.41. The van der Waals surface area contributed by atoms with Crippen LogP contribution in [0.15, 0.2) is 18.2 Å². The Morgan fingerprint density at radius 2 is 1.95 bits per heavy atom. The molecule has 3 heteroatoms. The minimum atomic E-state index is -0.730. The quantitative estimate of drug-likeness (QED) is 0.749. The average molecular weight is 295 g/mol. The number of nitrogens with one attached hydrogen (secondary N) is 1. The molecule has 2 unspecified atom stereocenters. The molecular formula is C17H29NOS. The Hall–Kier alpha value is -0.670. The van der Waals surface area contributed by atoms with Gasteiger partial charge in [0.2, 0.25) is 0 Å². The highest BCUT2D eigenvalue weighted by molar-refractivity contribution is 7.85. The van der Waals surface area contributed by atoms with E-state index in [2.05, 4.69) is 51.2 Å². The molecule has 0 aliphatic rings. The number of benzene rings is 1. The van der Waals surface area contributed by atoms with E-state index in [-0.39, 0.29) is 6.04 Å². The first-order valence-electron chi connectivity index (χ1n) is 7.74. The maximum atomic E-state index is 12.2. The molecule has 0 saturated carbocycles. The van der Waals surface area contributed by atoms with Gasteiger partial charge in [-0.25, -0.2) is 0 Å². The van der Waals surface area contributed by atoms with Gasteiger partial charge < -0.3 is 5.32 Å². The summed E-state index contributed by atoms with van der Waals surface area (Å²) in [6, 6.07) is 6.77. The van der Waals surface area contributed by atoms with Crippen LogP contribution in [0.1, 0.15) is 55.8 Å². The van der Waals surface area contributed by atoms with Gasteiger partial charge >= 0.3 is 0 Å². The lowest BCUT2D eigenvalue weighted by Gasteiger charge is -2.21. The summed E-state index contributed by atoms with van der Waals surface area (Å²) in [5, 5.41) is 3.56. The van der Waals surface area contributed by atoms with E-state index in [1.54, 1.807) is 0 Å². The van der Waals surface area contributed by atoms with Crippen LogP contribution in [0.25, 0.3) is 0 Å². The molecule has 20 heavy (non-hydrogen) atoms. The molecule has 1 N–H and O–H groups in total. The molecule has 0 spiro atoms. The molecule has 0 aliphatic carbocycles. The standard InChI is InChI=1S/C17H29NOS/c1-5-7-11-20(19)13-17(18-10-6-2)16-9-8-14(3)12-15(16)4/h8-9,12,17-18H,5-7,10-11,13H2,1-4H3. The Balaban J connectivity index is 2.79. The maximum absolute atomic E-state index is 12.2. The van der Waals surface area contributed by atoms with E-state index in [9.17, 15) is 4.21 Å². The molecule has 1 aromatic rings. The van der Waals surface area contributed by atoms with Crippen LogP contribution in [0.5, 0.6) is 0 Å². The van der Waals surface area contributed by atoms with Crippen molar-refractivity contribution in [3.8, 4) is 0 Å². The second kappa shape index (κ2) is 9.30. The van der Waals surface area contributed by atoms with Crippen molar-refractivity contribution < 1.29 is 4.21 Å². The lowest BCUT2D eigenvalue weighted by atomic mass is 10.00. The van der Waals surface area contributed by atoms with Gasteiger partial charge in [-0.15, -0.1) is 0 Å². The molecule has 1 rings (SSSR count). The van der Waals surface area contributed by atoms with Crippen LogP contribution in [0.4, 0.5) is 0 Å². The van der Waals surface area contributed by atoms with Gasteiger partial charge in [-0.3, -0.25) is 4.21 Å². The topological polar surface area (TPSA) is 29.1 Å². The van der Waals surface area contributed by atoms with Crippen LogP contribution < -0.4 is 5.32 Å². The Bertz CT molecular complexity index is 431. The van der Waals surface area contributed by atoms with Crippen LogP contribution in [-0.2, 0) is 10.8 Å². The summed E-state index contributed by atoms with van der Waals surface area (Å²) in [5.41, 5.74) is 3.88. The second-order valence-electron chi connectivity index (χ2n) is 5.53. The van der Waals surface area contributed by atoms with Gasteiger partial charge in [0.05, 0.1) is 0 Å². The molecule has 0 fully saturated rings. The van der Waals surface area contributed by atoms with Gasteiger partial charge in [0.25, 0.3) is 0 Å². The molecule has 1 aromatic carbocycles. The molecule has 0 saturated heterocycles. The van der Waals surface area contributed by atoms with E-state index in [0.29, 0.717) is 0 Å². The van der Waals surface area contributed by atoms with Crippen molar-refractivity contribution in [1.82, 2.24) is 5.32 Å². The molecule has 0 heterocycles.